The van der Waals surface area contributed by atoms with Gasteiger partial charge in [-0.25, -0.2) is 0 Å². The predicted octanol–water partition coefficient (Wildman–Crippen LogP) is 3.05. The summed E-state index contributed by atoms with van der Waals surface area (Å²) in [7, 11) is 3.88. The molecule has 1 saturated carbocycles. The number of carboxylic acid groups (broad SMARTS) is 1. The standard InChI is InChI=1S/C17H25NO3/c1-12-9-14(10-13(15(12)19)11-18(2)3)17(16(20)21)7-5-4-6-8-17/h9-10,19H,4-8,11H2,1-3H3,(H,20,21). The molecule has 4 heteroatoms. The van der Waals surface area contributed by atoms with E-state index in [-0.39, 0.29) is 5.75 Å². The van der Waals surface area contributed by atoms with Gasteiger partial charge in [0.1, 0.15) is 5.75 Å². The van der Waals surface area contributed by atoms with Crippen LogP contribution in [0.5, 0.6) is 5.75 Å². The van der Waals surface area contributed by atoms with Crippen LogP contribution in [0.2, 0.25) is 0 Å². The largest absolute Gasteiger partial charge is 0.507 e. The summed E-state index contributed by atoms with van der Waals surface area (Å²) in [4.78, 5) is 13.9. The lowest BCUT2D eigenvalue weighted by Crippen LogP contribution is -2.38. The Bertz CT molecular complexity index is 531. The van der Waals surface area contributed by atoms with Crippen molar-refractivity contribution in [2.75, 3.05) is 14.1 Å². The Morgan fingerprint density at radius 1 is 1.24 bits per heavy atom. The van der Waals surface area contributed by atoms with Gasteiger partial charge >= 0.3 is 5.97 Å². The summed E-state index contributed by atoms with van der Waals surface area (Å²) in [5.41, 5.74) is 1.64. The van der Waals surface area contributed by atoms with Crippen molar-refractivity contribution in [2.45, 2.75) is 51.0 Å². The van der Waals surface area contributed by atoms with Crippen molar-refractivity contribution in [1.82, 2.24) is 4.90 Å². The Labute approximate surface area is 126 Å². The molecule has 2 N–H and O–H groups in total. The normalized spacial score (nSPS) is 17.9. The van der Waals surface area contributed by atoms with Crippen LogP contribution in [-0.4, -0.2) is 35.2 Å². The first kappa shape index (κ1) is 15.8. The maximum Gasteiger partial charge on any atom is 0.314 e. The average Bonchev–Trinajstić information content (AvgIpc) is 2.43. The van der Waals surface area contributed by atoms with Crippen molar-refractivity contribution in [3.05, 3.63) is 28.8 Å². The van der Waals surface area contributed by atoms with E-state index >= 15 is 0 Å². The maximum absolute atomic E-state index is 11.9. The van der Waals surface area contributed by atoms with E-state index in [1.54, 1.807) is 0 Å². The monoisotopic (exact) mass is 291 g/mol. The number of hydrogen-bond donors (Lipinski definition) is 2. The second kappa shape index (κ2) is 6.06. The molecule has 1 aliphatic rings. The van der Waals surface area contributed by atoms with Crippen LogP contribution in [-0.2, 0) is 16.8 Å². The zero-order valence-corrected chi connectivity index (χ0v) is 13.1. The van der Waals surface area contributed by atoms with E-state index in [1.165, 1.54) is 0 Å². The summed E-state index contributed by atoms with van der Waals surface area (Å²) in [6.07, 6.45) is 4.39. The first-order valence-corrected chi connectivity index (χ1v) is 7.58. The van der Waals surface area contributed by atoms with Crippen molar-refractivity contribution in [3.63, 3.8) is 0 Å². The summed E-state index contributed by atoms with van der Waals surface area (Å²) in [6.45, 7) is 2.45. The Hall–Kier alpha value is -1.55. The quantitative estimate of drug-likeness (QED) is 0.895. The van der Waals surface area contributed by atoms with E-state index in [0.717, 1.165) is 36.0 Å². The van der Waals surface area contributed by atoms with Crippen molar-refractivity contribution in [3.8, 4) is 5.75 Å². The Balaban J connectivity index is 2.50. The minimum absolute atomic E-state index is 0.281. The fourth-order valence-corrected chi connectivity index (χ4v) is 3.37. The molecule has 0 unspecified atom stereocenters. The third kappa shape index (κ3) is 3.05. The third-order valence-corrected chi connectivity index (χ3v) is 4.54. The molecule has 1 aromatic carbocycles. The number of carbonyl (C=O) groups is 1. The van der Waals surface area contributed by atoms with Gasteiger partial charge in [0, 0.05) is 12.1 Å². The number of aliphatic carboxylic acids is 1. The highest BCUT2D eigenvalue weighted by Crippen LogP contribution is 2.42. The molecule has 0 aliphatic heterocycles. The molecule has 2 rings (SSSR count). The van der Waals surface area contributed by atoms with Gasteiger partial charge in [-0.1, -0.05) is 25.3 Å². The summed E-state index contributed by atoms with van der Waals surface area (Å²) in [6, 6.07) is 3.75. The van der Waals surface area contributed by atoms with Gasteiger partial charge in [0.05, 0.1) is 5.41 Å². The number of nitrogens with zero attached hydrogens (tertiary/aromatic N) is 1. The molecule has 0 bridgehead atoms. The topological polar surface area (TPSA) is 60.8 Å². The molecular weight excluding hydrogens is 266 g/mol. The maximum atomic E-state index is 11.9. The highest BCUT2D eigenvalue weighted by Gasteiger charge is 2.41. The van der Waals surface area contributed by atoms with Gasteiger partial charge in [-0.15, -0.1) is 0 Å². The van der Waals surface area contributed by atoms with Crippen LogP contribution in [0.1, 0.15) is 48.8 Å². The molecular formula is C17H25NO3. The summed E-state index contributed by atoms with van der Waals surface area (Å²) in [5, 5.41) is 20.0. The summed E-state index contributed by atoms with van der Waals surface area (Å²) in [5.74, 6) is -0.452. The van der Waals surface area contributed by atoms with Crippen LogP contribution in [0.25, 0.3) is 0 Å². The van der Waals surface area contributed by atoms with Crippen molar-refractivity contribution in [2.24, 2.45) is 0 Å². The van der Waals surface area contributed by atoms with Crippen molar-refractivity contribution >= 4 is 5.97 Å². The fraction of sp³-hybridized carbons (Fsp3) is 0.588. The smallest absolute Gasteiger partial charge is 0.314 e. The van der Waals surface area contributed by atoms with Crippen LogP contribution in [0.4, 0.5) is 0 Å². The van der Waals surface area contributed by atoms with Gasteiger partial charge in [-0.2, -0.15) is 0 Å². The van der Waals surface area contributed by atoms with Crippen LogP contribution in [0, 0.1) is 6.92 Å². The number of carboxylic acids is 1. The molecule has 1 aliphatic carbocycles. The van der Waals surface area contributed by atoms with Crippen molar-refractivity contribution < 1.29 is 15.0 Å². The zero-order chi connectivity index (χ0) is 15.6. The molecule has 0 amide bonds. The fourth-order valence-electron chi connectivity index (χ4n) is 3.37. The van der Waals surface area contributed by atoms with Gasteiger partial charge in [0.25, 0.3) is 0 Å². The number of rotatable bonds is 4. The number of aryl methyl sites for hydroxylation is 1. The molecule has 0 aromatic heterocycles. The first-order chi connectivity index (χ1) is 9.86. The van der Waals surface area contributed by atoms with E-state index in [9.17, 15) is 15.0 Å². The second-order valence-electron chi connectivity index (χ2n) is 6.49. The Morgan fingerprint density at radius 2 is 1.86 bits per heavy atom. The van der Waals surface area contributed by atoms with E-state index < -0.39 is 11.4 Å². The van der Waals surface area contributed by atoms with Gasteiger partial charge < -0.3 is 15.1 Å². The SMILES string of the molecule is Cc1cc(C2(C(=O)O)CCCCC2)cc(CN(C)C)c1O. The minimum Gasteiger partial charge on any atom is -0.507 e. The molecule has 21 heavy (non-hydrogen) atoms. The number of phenolic OH excluding ortho intramolecular Hbond substituents is 1. The molecule has 1 aromatic rings. The zero-order valence-electron chi connectivity index (χ0n) is 13.1. The lowest BCUT2D eigenvalue weighted by atomic mass is 9.69. The molecule has 1 fully saturated rings. The van der Waals surface area contributed by atoms with E-state index in [0.29, 0.717) is 19.4 Å². The summed E-state index contributed by atoms with van der Waals surface area (Å²) >= 11 is 0. The molecule has 0 spiro atoms. The van der Waals surface area contributed by atoms with Crippen LogP contribution in [0.15, 0.2) is 12.1 Å². The molecule has 0 radical (unpaired) electrons. The molecule has 0 heterocycles. The van der Waals surface area contributed by atoms with Crippen LogP contribution in [0.3, 0.4) is 0 Å². The van der Waals surface area contributed by atoms with E-state index in [1.807, 2.05) is 38.1 Å². The van der Waals surface area contributed by atoms with Gasteiger partial charge in [-0.05, 0) is 51.1 Å². The Morgan fingerprint density at radius 3 is 2.38 bits per heavy atom. The lowest BCUT2D eigenvalue weighted by molar-refractivity contribution is -0.145. The molecule has 116 valence electrons. The molecule has 0 atom stereocenters. The lowest BCUT2D eigenvalue weighted by Gasteiger charge is -2.34. The first-order valence-electron chi connectivity index (χ1n) is 7.58. The van der Waals surface area contributed by atoms with Gasteiger partial charge in [-0.3, -0.25) is 4.79 Å². The Kier molecular flexibility index (Phi) is 4.57. The van der Waals surface area contributed by atoms with Crippen LogP contribution >= 0.6 is 0 Å². The average molecular weight is 291 g/mol. The van der Waals surface area contributed by atoms with E-state index in [4.69, 9.17) is 0 Å². The third-order valence-electron chi connectivity index (χ3n) is 4.54. The highest BCUT2D eigenvalue weighted by molar-refractivity contribution is 5.82. The number of benzene rings is 1. The minimum atomic E-state index is -0.780. The number of hydrogen-bond acceptors (Lipinski definition) is 3. The number of aromatic hydroxyl groups is 1. The highest BCUT2D eigenvalue weighted by atomic mass is 16.4. The second-order valence-corrected chi connectivity index (χ2v) is 6.49. The van der Waals surface area contributed by atoms with Crippen LogP contribution < -0.4 is 0 Å². The van der Waals surface area contributed by atoms with Gasteiger partial charge in [0.2, 0.25) is 0 Å². The van der Waals surface area contributed by atoms with E-state index in [2.05, 4.69) is 0 Å². The van der Waals surface area contributed by atoms with Crippen molar-refractivity contribution in [1.29, 1.82) is 0 Å². The van der Waals surface area contributed by atoms with Gasteiger partial charge in [0.15, 0.2) is 0 Å². The number of phenols is 1. The summed E-state index contributed by atoms with van der Waals surface area (Å²) < 4.78 is 0. The molecule has 4 nitrogen and oxygen atoms in total. The predicted molar refractivity (Wildman–Crippen MR) is 82.6 cm³/mol. The molecule has 0 saturated heterocycles.